The van der Waals surface area contributed by atoms with E-state index < -0.39 is 12.1 Å². The molecule has 1 amide bonds. The first-order valence-electron chi connectivity index (χ1n) is 6.24. The van der Waals surface area contributed by atoms with Gasteiger partial charge in [0, 0.05) is 5.38 Å². The van der Waals surface area contributed by atoms with Crippen LogP contribution >= 0.6 is 11.3 Å². The Morgan fingerprint density at radius 1 is 1.60 bits per heavy atom. The highest BCUT2D eigenvalue weighted by Gasteiger charge is 2.17. The molecule has 1 aromatic heterocycles. The lowest BCUT2D eigenvalue weighted by Crippen LogP contribution is -2.28. The summed E-state index contributed by atoms with van der Waals surface area (Å²) >= 11 is 1.16. The summed E-state index contributed by atoms with van der Waals surface area (Å²) < 4.78 is 10.1. The number of esters is 1. The zero-order chi connectivity index (χ0) is 15.0. The molecule has 0 saturated heterocycles. The fourth-order valence-corrected chi connectivity index (χ4v) is 1.92. The predicted molar refractivity (Wildman–Crippen MR) is 76.9 cm³/mol. The van der Waals surface area contributed by atoms with Crippen LogP contribution in [0.5, 0.6) is 0 Å². The molecule has 1 aromatic rings. The highest BCUT2D eigenvalue weighted by atomic mass is 32.1. The maximum Gasteiger partial charge on any atom is 0.357 e. The third-order valence-electron chi connectivity index (χ3n) is 2.28. The Kier molecular flexibility index (Phi) is 6.89. The minimum absolute atomic E-state index is 0.187. The average molecular weight is 298 g/mol. The Balaban J connectivity index is 2.49. The highest BCUT2D eigenvalue weighted by Crippen LogP contribution is 2.16. The summed E-state index contributed by atoms with van der Waals surface area (Å²) in [5, 5.41) is 4.48. The molecule has 0 radical (unpaired) electrons. The van der Waals surface area contributed by atoms with Crippen LogP contribution in [0.3, 0.4) is 0 Å². The van der Waals surface area contributed by atoms with E-state index in [1.54, 1.807) is 19.9 Å². The van der Waals surface area contributed by atoms with Crippen LogP contribution < -0.4 is 5.32 Å². The van der Waals surface area contributed by atoms with Gasteiger partial charge in [-0.15, -0.1) is 17.9 Å². The molecule has 0 saturated carbocycles. The van der Waals surface area contributed by atoms with Gasteiger partial charge >= 0.3 is 5.97 Å². The fourth-order valence-electron chi connectivity index (χ4n) is 1.24. The molecule has 0 spiro atoms. The molecule has 1 rings (SSSR count). The SMILES string of the molecule is C=CCCOC(C)C(=O)Nc1nc(C(=O)OCC)cs1. The first-order chi connectivity index (χ1) is 9.58. The number of nitrogens with one attached hydrogen (secondary N) is 1. The van der Waals surface area contributed by atoms with Gasteiger partial charge in [0.15, 0.2) is 10.8 Å². The van der Waals surface area contributed by atoms with Gasteiger partial charge < -0.3 is 9.47 Å². The third kappa shape index (κ3) is 5.10. The van der Waals surface area contributed by atoms with Crippen LogP contribution in [0, 0.1) is 0 Å². The van der Waals surface area contributed by atoms with Crippen molar-refractivity contribution in [3.8, 4) is 0 Å². The van der Waals surface area contributed by atoms with Crippen LogP contribution in [-0.2, 0) is 14.3 Å². The quantitative estimate of drug-likeness (QED) is 0.452. The maximum absolute atomic E-state index is 11.8. The lowest BCUT2D eigenvalue weighted by molar-refractivity contribution is -0.126. The Hall–Kier alpha value is -1.73. The van der Waals surface area contributed by atoms with E-state index >= 15 is 0 Å². The van der Waals surface area contributed by atoms with Crippen molar-refractivity contribution in [2.45, 2.75) is 26.4 Å². The number of rotatable bonds is 8. The Morgan fingerprint density at radius 2 is 2.35 bits per heavy atom. The number of hydrogen-bond acceptors (Lipinski definition) is 6. The monoisotopic (exact) mass is 298 g/mol. The average Bonchev–Trinajstić information content (AvgIpc) is 2.87. The van der Waals surface area contributed by atoms with Crippen molar-refractivity contribution in [1.29, 1.82) is 0 Å². The predicted octanol–water partition coefficient (Wildman–Crippen LogP) is 2.24. The van der Waals surface area contributed by atoms with Crippen molar-refractivity contribution in [3.05, 3.63) is 23.7 Å². The van der Waals surface area contributed by atoms with Gasteiger partial charge in [0.25, 0.3) is 5.91 Å². The number of aromatic nitrogens is 1. The molecule has 7 heteroatoms. The molecular weight excluding hydrogens is 280 g/mol. The molecule has 0 aromatic carbocycles. The summed E-state index contributed by atoms with van der Waals surface area (Å²) in [6.45, 7) is 7.66. The van der Waals surface area contributed by atoms with E-state index in [-0.39, 0.29) is 18.2 Å². The lowest BCUT2D eigenvalue weighted by Gasteiger charge is -2.11. The van der Waals surface area contributed by atoms with Crippen molar-refractivity contribution >= 4 is 28.3 Å². The first kappa shape index (κ1) is 16.3. The Labute approximate surface area is 121 Å². The topological polar surface area (TPSA) is 77.5 Å². The van der Waals surface area contributed by atoms with E-state index in [0.29, 0.717) is 18.2 Å². The molecule has 6 nitrogen and oxygen atoms in total. The molecule has 1 unspecified atom stereocenters. The summed E-state index contributed by atoms with van der Waals surface area (Å²) in [6, 6.07) is 0. The van der Waals surface area contributed by atoms with Crippen LogP contribution in [0.4, 0.5) is 5.13 Å². The second-order valence-electron chi connectivity index (χ2n) is 3.84. The van der Waals surface area contributed by atoms with E-state index in [0.717, 1.165) is 11.3 Å². The molecule has 0 aliphatic carbocycles. The van der Waals surface area contributed by atoms with Gasteiger partial charge in [-0.3, -0.25) is 10.1 Å². The van der Waals surface area contributed by atoms with E-state index in [1.807, 2.05) is 0 Å². The number of amides is 1. The summed E-state index contributed by atoms with van der Waals surface area (Å²) in [5.74, 6) is -0.807. The fraction of sp³-hybridized carbons (Fsp3) is 0.462. The van der Waals surface area contributed by atoms with Gasteiger partial charge in [-0.1, -0.05) is 6.08 Å². The number of ether oxygens (including phenoxy) is 2. The van der Waals surface area contributed by atoms with Crippen molar-refractivity contribution in [2.75, 3.05) is 18.5 Å². The lowest BCUT2D eigenvalue weighted by atomic mass is 10.3. The van der Waals surface area contributed by atoms with E-state index in [9.17, 15) is 9.59 Å². The summed E-state index contributed by atoms with van der Waals surface area (Å²) in [6.07, 6.45) is 1.81. The van der Waals surface area contributed by atoms with E-state index in [2.05, 4.69) is 16.9 Å². The van der Waals surface area contributed by atoms with Crippen LogP contribution in [0.1, 0.15) is 30.8 Å². The number of anilines is 1. The van der Waals surface area contributed by atoms with Gasteiger partial charge in [0.2, 0.25) is 0 Å². The van der Waals surface area contributed by atoms with Gasteiger partial charge in [-0.05, 0) is 20.3 Å². The largest absolute Gasteiger partial charge is 0.461 e. The molecule has 20 heavy (non-hydrogen) atoms. The molecular formula is C13H18N2O4S. The number of carbonyl (C=O) groups excluding carboxylic acids is 2. The van der Waals surface area contributed by atoms with Crippen LogP contribution in [0.25, 0.3) is 0 Å². The third-order valence-corrected chi connectivity index (χ3v) is 3.04. The van der Waals surface area contributed by atoms with Crippen LogP contribution in [0.15, 0.2) is 18.0 Å². The number of nitrogens with zero attached hydrogens (tertiary/aromatic N) is 1. The zero-order valence-corrected chi connectivity index (χ0v) is 12.4. The van der Waals surface area contributed by atoms with Crippen molar-refractivity contribution < 1.29 is 19.1 Å². The molecule has 0 fully saturated rings. The summed E-state index contributed by atoms with van der Waals surface area (Å²) in [7, 11) is 0. The zero-order valence-electron chi connectivity index (χ0n) is 11.5. The van der Waals surface area contributed by atoms with Gasteiger partial charge in [-0.2, -0.15) is 0 Å². The molecule has 1 heterocycles. The van der Waals surface area contributed by atoms with Crippen LogP contribution in [-0.4, -0.2) is 36.2 Å². The highest BCUT2D eigenvalue weighted by molar-refractivity contribution is 7.14. The molecule has 0 bridgehead atoms. The molecule has 110 valence electrons. The van der Waals surface area contributed by atoms with Gasteiger partial charge in [-0.25, -0.2) is 9.78 Å². The normalized spacial score (nSPS) is 11.7. The number of carbonyl (C=O) groups is 2. The van der Waals surface area contributed by atoms with Crippen molar-refractivity contribution in [3.63, 3.8) is 0 Å². The molecule has 1 atom stereocenters. The first-order valence-corrected chi connectivity index (χ1v) is 7.12. The smallest absolute Gasteiger partial charge is 0.357 e. The van der Waals surface area contributed by atoms with Crippen molar-refractivity contribution in [1.82, 2.24) is 4.98 Å². The van der Waals surface area contributed by atoms with E-state index in [1.165, 1.54) is 5.38 Å². The van der Waals surface area contributed by atoms with Crippen LogP contribution in [0.2, 0.25) is 0 Å². The second kappa shape index (κ2) is 8.44. The second-order valence-corrected chi connectivity index (χ2v) is 4.70. The molecule has 0 aliphatic heterocycles. The Morgan fingerprint density at radius 3 is 3.00 bits per heavy atom. The number of hydrogen-bond donors (Lipinski definition) is 1. The molecule has 1 N–H and O–H groups in total. The van der Waals surface area contributed by atoms with E-state index in [4.69, 9.17) is 9.47 Å². The minimum Gasteiger partial charge on any atom is -0.461 e. The van der Waals surface area contributed by atoms with Crippen molar-refractivity contribution in [2.24, 2.45) is 0 Å². The van der Waals surface area contributed by atoms with Gasteiger partial charge in [0.1, 0.15) is 6.10 Å². The summed E-state index contributed by atoms with van der Waals surface area (Å²) in [5.41, 5.74) is 0.187. The standard InChI is InChI=1S/C13H18N2O4S/c1-4-6-7-19-9(3)11(16)15-13-14-10(8-20-13)12(17)18-5-2/h4,8-9H,1,5-7H2,2-3H3,(H,14,15,16). The minimum atomic E-state index is -0.593. The van der Waals surface area contributed by atoms with Gasteiger partial charge in [0.05, 0.1) is 13.2 Å². The molecule has 0 aliphatic rings. The number of thiazole rings is 1. The summed E-state index contributed by atoms with van der Waals surface area (Å²) in [4.78, 5) is 27.2. The maximum atomic E-state index is 11.8. The Bertz CT molecular complexity index is 473.